The Labute approximate surface area is 196 Å². The summed E-state index contributed by atoms with van der Waals surface area (Å²) < 4.78 is 0. The van der Waals surface area contributed by atoms with Gasteiger partial charge in [-0.3, -0.25) is 0 Å². The van der Waals surface area contributed by atoms with Crippen LogP contribution < -0.4 is 0 Å². The Hall–Kier alpha value is -0.900. The molecule has 6 atom stereocenters. The fourth-order valence-corrected chi connectivity index (χ4v) is 7.08. The van der Waals surface area contributed by atoms with E-state index in [9.17, 15) is 15.3 Å². The molecule has 0 bridgehead atoms. The van der Waals surface area contributed by atoms with Gasteiger partial charge in [-0.05, 0) is 93.1 Å². The number of rotatable bonds is 8. The summed E-state index contributed by atoms with van der Waals surface area (Å²) in [5.41, 5.74) is 3.25. The van der Waals surface area contributed by atoms with Crippen molar-refractivity contribution in [3.8, 4) is 0 Å². The third-order valence-electron chi connectivity index (χ3n) is 8.94. The van der Waals surface area contributed by atoms with Gasteiger partial charge in [-0.25, -0.2) is 0 Å². The quantitative estimate of drug-likeness (QED) is 0.375. The first kappa shape index (κ1) is 25.7. The Balaban J connectivity index is 1.61. The zero-order valence-corrected chi connectivity index (χ0v) is 21.1. The maximum absolute atomic E-state index is 10.2. The van der Waals surface area contributed by atoms with Crippen molar-refractivity contribution < 1.29 is 15.3 Å². The smallest absolute Gasteiger partial charge is 0.0811 e. The molecule has 0 amide bonds. The van der Waals surface area contributed by atoms with Gasteiger partial charge >= 0.3 is 0 Å². The minimum Gasteiger partial charge on any atom is -0.393 e. The van der Waals surface area contributed by atoms with Crippen LogP contribution in [-0.2, 0) is 0 Å². The zero-order chi connectivity index (χ0) is 23.5. The van der Waals surface area contributed by atoms with Crippen LogP contribution in [0.3, 0.4) is 0 Å². The van der Waals surface area contributed by atoms with Crippen LogP contribution in [0, 0.1) is 23.2 Å². The average molecular weight is 445 g/mol. The molecule has 3 fully saturated rings. The maximum atomic E-state index is 10.2. The number of fused-ring (bicyclic) bond motifs is 1. The number of aliphatic hydroxyl groups is 3. The molecule has 3 heteroatoms. The van der Waals surface area contributed by atoms with Crippen molar-refractivity contribution in [3.05, 3.63) is 35.5 Å². The second kappa shape index (κ2) is 10.6. The van der Waals surface area contributed by atoms with E-state index in [1.54, 1.807) is 5.57 Å². The van der Waals surface area contributed by atoms with Crippen LogP contribution in [0.2, 0.25) is 0 Å². The highest BCUT2D eigenvalue weighted by atomic mass is 16.3. The summed E-state index contributed by atoms with van der Waals surface area (Å²) in [4.78, 5) is 0. The number of hydrogen-bond acceptors (Lipinski definition) is 3. The van der Waals surface area contributed by atoms with Crippen LogP contribution in [0.1, 0.15) is 105 Å². The monoisotopic (exact) mass is 444 g/mol. The van der Waals surface area contributed by atoms with E-state index in [0.29, 0.717) is 24.2 Å². The molecule has 0 radical (unpaired) electrons. The van der Waals surface area contributed by atoms with Crippen molar-refractivity contribution >= 4 is 0 Å². The summed E-state index contributed by atoms with van der Waals surface area (Å²) in [5.74, 6) is 2.22. The topological polar surface area (TPSA) is 60.7 Å². The number of unbranched alkanes of at least 4 members (excludes halogenated alkanes) is 2. The van der Waals surface area contributed by atoms with Crippen LogP contribution in [0.15, 0.2) is 35.5 Å². The van der Waals surface area contributed by atoms with Gasteiger partial charge in [-0.1, -0.05) is 63.8 Å². The van der Waals surface area contributed by atoms with Crippen molar-refractivity contribution in [1.29, 1.82) is 0 Å². The van der Waals surface area contributed by atoms with E-state index >= 15 is 0 Å². The standard InChI is InChI=1S/C29H48O3/c1-20(10-7-6-8-16-28(3,4)32)25-14-15-26-22(11-9-17-29(25,26)5)12-13-23-18-24(30)19-27(31)21(23)2/h12-13,20,24-27,30-32H,2,6-11,14-19H2,1,3-5H3/b22-12+,23-13-/t20-,24-,25-,26?,27+,29-/m1/s1. The average Bonchev–Trinajstić information content (AvgIpc) is 3.06. The third-order valence-corrected chi connectivity index (χ3v) is 8.94. The van der Waals surface area contributed by atoms with E-state index < -0.39 is 17.8 Å². The molecule has 0 aromatic rings. The Bertz CT molecular complexity index is 712. The Morgan fingerprint density at radius 3 is 2.62 bits per heavy atom. The fourth-order valence-electron chi connectivity index (χ4n) is 7.08. The molecule has 3 aliphatic rings. The molecule has 3 aliphatic carbocycles. The van der Waals surface area contributed by atoms with Gasteiger partial charge in [0, 0.05) is 6.42 Å². The van der Waals surface area contributed by atoms with Gasteiger partial charge in [0.15, 0.2) is 0 Å². The number of hydrogen-bond donors (Lipinski definition) is 3. The molecule has 3 rings (SSSR count). The molecule has 0 spiro atoms. The van der Waals surface area contributed by atoms with Gasteiger partial charge < -0.3 is 15.3 Å². The molecular weight excluding hydrogens is 396 g/mol. The van der Waals surface area contributed by atoms with Crippen molar-refractivity contribution in [1.82, 2.24) is 0 Å². The molecule has 182 valence electrons. The van der Waals surface area contributed by atoms with Crippen LogP contribution in [-0.4, -0.2) is 33.1 Å². The first-order valence-electron chi connectivity index (χ1n) is 13.2. The van der Waals surface area contributed by atoms with E-state index in [1.165, 1.54) is 51.4 Å². The lowest BCUT2D eigenvalue weighted by Crippen LogP contribution is -2.36. The first-order valence-corrected chi connectivity index (χ1v) is 13.2. The molecule has 32 heavy (non-hydrogen) atoms. The molecule has 0 aromatic carbocycles. The van der Waals surface area contributed by atoms with Crippen molar-refractivity contribution in [2.45, 2.75) is 123 Å². The maximum Gasteiger partial charge on any atom is 0.0811 e. The molecule has 0 aliphatic heterocycles. The Morgan fingerprint density at radius 2 is 1.91 bits per heavy atom. The molecule has 0 aromatic heterocycles. The minimum absolute atomic E-state index is 0.400. The van der Waals surface area contributed by atoms with Crippen molar-refractivity contribution in [2.75, 3.05) is 0 Å². The van der Waals surface area contributed by atoms with Crippen LogP contribution >= 0.6 is 0 Å². The lowest BCUT2D eigenvalue weighted by Gasteiger charge is -2.44. The van der Waals surface area contributed by atoms with E-state index in [0.717, 1.165) is 35.8 Å². The molecule has 0 heterocycles. The van der Waals surface area contributed by atoms with E-state index in [2.05, 4.69) is 32.6 Å². The van der Waals surface area contributed by atoms with Crippen molar-refractivity contribution in [2.24, 2.45) is 23.2 Å². The Kier molecular flexibility index (Phi) is 8.50. The third kappa shape index (κ3) is 6.15. The van der Waals surface area contributed by atoms with Gasteiger partial charge in [-0.15, -0.1) is 0 Å². The highest BCUT2D eigenvalue weighted by Gasteiger charge is 2.50. The summed E-state index contributed by atoms with van der Waals surface area (Å²) in [6.45, 7) is 12.9. The van der Waals surface area contributed by atoms with Gasteiger partial charge in [-0.2, -0.15) is 0 Å². The lowest BCUT2D eigenvalue weighted by molar-refractivity contribution is 0.0672. The first-order chi connectivity index (χ1) is 15.0. The predicted molar refractivity (Wildman–Crippen MR) is 133 cm³/mol. The highest BCUT2D eigenvalue weighted by Crippen LogP contribution is 2.60. The normalized spacial score (nSPS) is 37.2. The van der Waals surface area contributed by atoms with Gasteiger partial charge in [0.1, 0.15) is 0 Å². The summed E-state index contributed by atoms with van der Waals surface area (Å²) >= 11 is 0. The zero-order valence-electron chi connectivity index (χ0n) is 21.1. The predicted octanol–water partition coefficient (Wildman–Crippen LogP) is 6.48. The van der Waals surface area contributed by atoms with Gasteiger partial charge in [0.2, 0.25) is 0 Å². The molecular formula is C29H48O3. The van der Waals surface area contributed by atoms with Crippen LogP contribution in [0.4, 0.5) is 0 Å². The largest absolute Gasteiger partial charge is 0.393 e. The number of allylic oxidation sites excluding steroid dienone is 3. The second-order valence-electron chi connectivity index (χ2n) is 12.1. The summed E-state index contributed by atoms with van der Waals surface area (Å²) in [6.07, 6.45) is 16.6. The lowest BCUT2D eigenvalue weighted by atomic mass is 9.60. The van der Waals surface area contributed by atoms with E-state index in [4.69, 9.17) is 0 Å². The SMILES string of the molecule is C=C1/C(=C\C=C2/CCC[C@@]3(C)C2CC[C@@H]3[C@H](C)CCCCCC(C)(C)O)C[C@@H](O)C[C@@H]1O. The van der Waals surface area contributed by atoms with Gasteiger partial charge in [0.25, 0.3) is 0 Å². The van der Waals surface area contributed by atoms with Gasteiger partial charge in [0.05, 0.1) is 17.8 Å². The fraction of sp³-hybridized carbons (Fsp3) is 0.793. The van der Waals surface area contributed by atoms with E-state index in [1.807, 2.05) is 13.8 Å². The highest BCUT2D eigenvalue weighted by molar-refractivity contribution is 5.38. The van der Waals surface area contributed by atoms with E-state index in [-0.39, 0.29) is 0 Å². The second-order valence-corrected chi connectivity index (χ2v) is 12.1. The summed E-state index contributed by atoms with van der Waals surface area (Å²) in [5, 5.41) is 30.1. The Morgan fingerprint density at radius 1 is 1.16 bits per heavy atom. The summed E-state index contributed by atoms with van der Waals surface area (Å²) in [6, 6.07) is 0. The van der Waals surface area contributed by atoms with Crippen LogP contribution in [0.25, 0.3) is 0 Å². The molecule has 0 saturated heterocycles. The molecule has 3 saturated carbocycles. The number of aliphatic hydroxyl groups excluding tert-OH is 2. The summed E-state index contributed by atoms with van der Waals surface area (Å²) in [7, 11) is 0. The van der Waals surface area contributed by atoms with Crippen LogP contribution in [0.5, 0.6) is 0 Å². The molecule has 3 nitrogen and oxygen atoms in total. The van der Waals surface area contributed by atoms with Crippen molar-refractivity contribution in [3.63, 3.8) is 0 Å². The molecule has 3 N–H and O–H groups in total. The molecule has 1 unspecified atom stereocenters. The minimum atomic E-state index is -0.611.